The standard InChI is InChI=1S/C16H25N5O/c1-5-13(6-2)21-15(11-12(4)19-21)18-16(22)14(7-3)20-10-8-9-17-20/h8-11,13-14H,5-7H2,1-4H3,(H,18,22). The summed E-state index contributed by atoms with van der Waals surface area (Å²) in [5, 5.41) is 11.7. The predicted octanol–water partition coefficient (Wildman–Crippen LogP) is 3.34. The van der Waals surface area contributed by atoms with Gasteiger partial charge in [0.15, 0.2) is 0 Å². The highest BCUT2D eigenvalue weighted by Gasteiger charge is 2.21. The second-order valence-electron chi connectivity index (χ2n) is 5.49. The monoisotopic (exact) mass is 303 g/mol. The van der Waals surface area contributed by atoms with Crippen molar-refractivity contribution in [3.05, 3.63) is 30.2 Å². The minimum Gasteiger partial charge on any atom is -0.309 e. The molecule has 1 unspecified atom stereocenters. The molecule has 0 saturated heterocycles. The average Bonchev–Trinajstić information content (AvgIpc) is 3.12. The van der Waals surface area contributed by atoms with E-state index >= 15 is 0 Å². The molecule has 120 valence electrons. The first kappa shape index (κ1) is 16.3. The van der Waals surface area contributed by atoms with Crippen molar-refractivity contribution in [2.45, 2.75) is 59.0 Å². The summed E-state index contributed by atoms with van der Waals surface area (Å²) in [6.07, 6.45) is 6.16. The van der Waals surface area contributed by atoms with Crippen LogP contribution in [0.4, 0.5) is 5.82 Å². The molecule has 1 atom stereocenters. The van der Waals surface area contributed by atoms with E-state index in [0.717, 1.165) is 24.4 Å². The van der Waals surface area contributed by atoms with Gasteiger partial charge >= 0.3 is 0 Å². The molecule has 0 saturated carbocycles. The molecule has 6 nitrogen and oxygen atoms in total. The molecule has 2 rings (SSSR count). The minimum absolute atomic E-state index is 0.0571. The van der Waals surface area contributed by atoms with Gasteiger partial charge in [-0.2, -0.15) is 10.2 Å². The molecule has 0 aliphatic heterocycles. The van der Waals surface area contributed by atoms with Gasteiger partial charge in [-0.15, -0.1) is 0 Å². The summed E-state index contributed by atoms with van der Waals surface area (Å²) in [4.78, 5) is 12.6. The number of carbonyl (C=O) groups excluding carboxylic acids is 1. The summed E-state index contributed by atoms with van der Waals surface area (Å²) in [5.74, 6) is 0.708. The molecule has 0 radical (unpaired) electrons. The number of carbonyl (C=O) groups is 1. The van der Waals surface area contributed by atoms with E-state index in [-0.39, 0.29) is 11.9 Å². The van der Waals surface area contributed by atoms with Crippen LogP contribution in [-0.2, 0) is 4.79 Å². The molecule has 0 aromatic carbocycles. The Kier molecular flexibility index (Phi) is 5.35. The van der Waals surface area contributed by atoms with Crippen LogP contribution < -0.4 is 5.32 Å². The first-order valence-electron chi connectivity index (χ1n) is 7.96. The van der Waals surface area contributed by atoms with Crippen molar-refractivity contribution in [2.75, 3.05) is 5.32 Å². The second kappa shape index (κ2) is 7.24. The van der Waals surface area contributed by atoms with Gasteiger partial charge in [0.2, 0.25) is 5.91 Å². The Morgan fingerprint density at radius 2 is 2.00 bits per heavy atom. The average molecular weight is 303 g/mol. The fourth-order valence-corrected chi connectivity index (χ4v) is 2.69. The predicted molar refractivity (Wildman–Crippen MR) is 86.8 cm³/mol. The van der Waals surface area contributed by atoms with E-state index < -0.39 is 0 Å². The third-order valence-corrected chi connectivity index (χ3v) is 3.93. The normalized spacial score (nSPS) is 12.6. The number of hydrogen-bond acceptors (Lipinski definition) is 3. The van der Waals surface area contributed by atoms with Crippen molar-refractivity contribution < 1.29 is 4.79 Å². The van der Waals surface area contributed by atoms with Gasteiger partial charge in [-0.1, -0.05) is 20.8 Å². The molecule has 0 aliphatic carbocycles. The maximum absolute atomic E-state index is 12.6. The number of nitrogens with zero attached hydrogens (tertiary/aromatic N) is 4. The molecule has 2 aromatic rings. The number of hydrogen-bond donors (Lipinski definition) is 1. The molecule has 1 amide bonds. The van der Waals surface area contributed by atoms with E-state index in [4.69, 9.17) is 0 Å². The van der Waals surface area contributed by atoms with Gasteiger partial charge in [-0.3, -0.25) is 9.48 Å². The molecule has 0 spiro atoms. The molecule has 0 aliphatic rings. The highest BCUT2D eigenvalue weighted by atomic mass is 16.2. The maximum atomic E-state index is 12.6. The molecule has 2 heterocycles. The summed E-state index contributed by atoms with van der Waals surface area (Å²) >= 11 is 0. The van der Waals surface area contributed by atoms with Gasteiger partial charge in [-0.25, -0.2) is 4.68 Å². The second-order valence-corrected chi connectivity index (χ2v) is 5.49. The molecular formula is C16H25N5O. The van der Waals surface area contributed by atoms with Crippen molar-refractivity contribution in [2.24, 2.45) is 0 Å². The smallest absolute Gasteiger partial charge is 0.250 e. The zero-order valence-corrected chi connectivity index (χ0v) is 13.8. The Bertz CT molecular complexity index is 598. The zero-order valence-electron chi connectivity index (χ0n) is 13.8. The van der Waals surface area contributed by atoms with Gasteiger partial charge in [0, 0.05) is 18.5 Å². The lowest BCUT2D eigenvalue weighted by Crippen LogP contribution is -2.27. The molecule has 1 N–H and O–H groups in total. The van der Waals surface area contributed by atoms with Gasteiger partial charge in [0.05, 0.1) is 11.7 Å². The van der Waals surface area contributed by atoms with Crippen LogP contribution in [0.15, 0.2) is 24.5 Å². The molecule has 22 heavy (non-hydrogen) atoms. The van der Waals surface area contributed by atoms with Gasteiger partial charge in [0.25, 0.3) is 0 Å². The Morgan fingerprint density at radius 1 is 1.27 bits per heavy atom. The lowest BCUT2D eigenvalue weighted by Gasteiger charge is -2.19. The van der Waals surface area contributed by atoms with Crippen LogP contribution >= 0.6 is 0 Å². The lowest BCUT2D eigenvalue weighted by molar-refractivity contribution is -0.119. The van der Waals surface area contributed by atoms with Crippen LogP contribution in [0.5, 0.6) is 0 Å². The number of anilines is 1. The van der Waals surface area contributed by atoms with Crippen molar-refractivity contribution in [3.8, 4) is 0 Å². The summed E-state index contributed by atoms with van der Waals surface area (Å²) in [6, 6.07) is 3.75. The summed E-state index contributed by atoms with van der Waals surface area (Å²) in [7, 11) is 0. The maximum Gasteiger partial charge on any atom is 0.250 e. The van der Waals surface area contributed by atoms with E-state index in [1.165, 1.54) is 0 Å². The van der Waals surface area contributed by atoms with Crippen LogP contribution in [0.25, 0.3) is 0 Å². The third kappa shape index (κ3) is 3.37. The van der Waals surface area contributed by atoms with Crippen molar-refractivity contribution in [1.29, 1.82) is 0 Å². The fraction of sp³-hybridized carbons (Fsp3) is 0.562. The fourth-order valence-electron chi connectivity index (χ4n) is 2.69. The summed E-state index contributed by atoms with van der Waals surface area (Å²) in [5.41, 5.74) is 0.911. The SMILES string of the molecule is CCC(C(=O)Nc1cc(C)nn1C(CC)CC)n1cccn1. The zero-order chi connectivity index (χ0) is 16.1. The quantitative estimate of drug-likeness (QED) is 0.853. The van der Waals surface area contributed by atoms with E-state index in [9.17, 15) is 4.79 Å². The number of nitrogens with one attached hydrogen (secondary N) is 1. The van der Waals surface area contributed by atoms with E-state index in [1.807, 2.05) is 36.9 Å². The van der Waals surface area contributed by atoms with E-state index in [1.54, 1.807) is 10.9 Å². The van der Waals surface area contributed by atoms with Crippen molar-refractivity contribution in [3.63, 3.8) is 0 Å². The first-order valence-corrected chi connectivity index (χ1v) is 7.96. The molecule has 6 heteroatoms. The minimum atomic E-state index is -0.305. The van der Waals surface area contributed by atoms with Gasteiger partial charge < -0.3 is 5.32 Å². The number of amides is 1. The first-order chi connectivity index (χ1) is 10.6. The molecule has 2 aromatic heterocycles. The largest absolute Gasteiger partial charge is 0.309 e. The summed E-state index contributed by atoms with van der Waals surface area (Å²) < 4.78 is 3.63. The Morgan fingerprint density at radius 3 is 2.55 bits per heavy atom. The van der Waals surface area contributed by atoms with Crippen LogP contribution in [-0.4, -0.2) is 25.5 Å². The molecule has 0 fully saturated rings. The van der Waals surface area contributed by atoms with Crippen LogP contribution in [0.3, 0.4) is 0 Å². The van der Waals surface area contributed by atoms with Crippen LogP contribution in [0.2, 0.25) is 0 Å². The van der Waals surface area contributed by atoms with Crippen molar-refractivity contribution >= 4 is 11.7 Å². The highest BCUT2D eigenvalue weighted by molar-refractivity contribution is 5.93. The van der Waals surface area contributed by atoms with Crippen molar-refractivity contribution in [1.82, 2.24) is 19.6 Å². The highest BCUT2D eigenvalue weighted by Crippen LogP contribution is 2.23. The van der Waals surface area contributed by atoms with E-state index in [0.29, 0.717) is 12.5 Å². The van der Waals surface area contributed by atoms with E-state index in [2.05, 4.69) is 29.4 Å². The van der Waals surface area contributed by atoms with Gasteiger partial charge in [0.1, 0.15) is 11.9 Å². The van der Waals surface area contributed by atoms with Crippen LogP contribution in [0.1, 0.15) is 57.8 Å². The number of aromatic nitrogens is 4. The van der Waals surface area contributed by atoms with Gasteiger partial charge in [-0.05, 0) is 32.3 Å². The van der Waals surface area contributed by atoms with Crippen LogP contribution in [0, 0.1) is 6.92 Å². The lowest BCUT2D eigenvalue weighted by atomic mass is 10.2. The Balaban J connectivity index is 2.21. The number of aryl methyl sites for hydroxylation is 1. The molecule has 0 bridgehead atoms. The molecular weight excluding hydrogens is 278 g/mol. The Hall–Kier alpha value is -2.11. The Labute approximate surface area is 131 Å². The number of rotatable bonds is 7. The third-order valence-electron chi connectivity index (χ3n) is 3.93. The topological polar surface area (TPSA) is 64.7 Å². The summed E-state index contributed by atoms with van der Waals surface area (Å²) in [6.45, 7) is 8.19.